The largest absolute Gasteiger partial charge is 0.542 e. The number of hydrogen-bond acceptors (Lipinski definition) is 7. The summed E-state index contributed by atoms with van der Waals surface area (Å²) in [4.78, 5) is 16.2. The van der Waals surface area contributed by atoms with Crippen LogP contribution in [0.2, 0.25) is 0 Å². The molecule has 1 fully saturated rings. The molecule has 1 saturated heterocycles. The number of ether oxygens (including phenoxy) is 1. The second kappa shape index (κ2) is 8.45. The smallest absolute Gasteiger partial charge is 0.471 e. The Balaban J connectivity index is 0.000000396. The Morgan fingerprint density at radius 2 is 1.87 bits per heavy atom. The molecule has 166 valence electrons. The molecular formula is C16H16F6N4O4. The molecule has 14 heteroatoms. The summed E-state index contributed by atoms with van der Waals surface area (Å²) >= 11 is 0. The normalized spacial score (nSPS) is 18.5. The third-order valence-electron chi connectivity index (χ3n) is 3.94. The molecule has 0 aliphatic carbocycles. The monoisotopic (exact) mass is 442 g/mol. The van der Waals surface area contributed by atoms with Gasteiger partial charge in [-0.3, -0.25) is 0 Å². The van der Waals surface area contributed by atoms with Gasteiger partial charge >= 0.3 is 18.2 Å². The molecule has 2 aromatic heterocycles. The van der Waals surface area contributed by atoms with Crippen molar-refractivity contribution in [1.29, 1.82) is 0 Å². The number of carbonyl (C=O) groups excluding carboxylic acids is 1. The molecule has 1 unspecified atom stereocenters. The lowest BCUT2D eigenvalue weighted by atomic mass is 10.2. The lowest BCUT2D eigenvalue weighted by molar-refractivity contribution is -0.879. The van der Waals surface area contributed by atoms with Gasteiger partial charge in [0.2, 0.25) is 11.7 Å². The molecule has 2 aromatic rings. The molecular weight excluding hydrogens is 426 g/mol. The predicted octanol–water partition coefficient (Wildman–Crippen LogP) is 1.68. The number of aromatic nitrogens is 3. The summed E-state index contributed by atoms with van der Waals surface area (Å²) < 4.78 is 79.7. The van der Waals surface area contributed by atoms with Crippen LogP contribution in [0.4, 0.5) is 26.3 Å². The Bertz CT molecular complexity index is 864. The van der Waals surface area contributed by atoms with Crippen molar-refractivity contribution in [2.45, 2.75) is 24.9 Å². The molecule has 0 amide bonds. The number of aliphatic carboxylic acids is 1. The Morgan fingerprint density at radius 1 is 1.23 bits per heavy atom. The number of likely N-dealkylation sites (tertiary alicyclic amines) is 1. The van der Waals surface area contributed by atoms with Crippen LogP contribution in [0.15, 0.2) is 22.9 Å². The topological polar surface area (TPSA) is 101 Å². The van der Waals surface area contributed by atoms with Gasteiger partial charge in [0.15, 0.2) is 6.10 Å². The first-order chi connectivity index (χ1) is 13.7. The van der Waals surface area contributed by atoms with Crippen LogP contribution < -0.4 is 9.84 Å². The number of carboxylic acids is 1. The number of carbonyl (C=O) groups is 1. The SMILES string of the molecule is C[N+]1(C)CCC(Oc2ccc(-c3noc(C(F)(F)F)n3)cn2)C1.O=C([O-])C(F)(F)F. The summed E-state index contributed by atoms with van der Waals surface area (Å²) in [5.41, 5.74) is 0.333. The highest BCUT2D eigenvalue weighted by molar-refractivity contribution is 5.70. The van der Waals surface area contributed by atoms with Crippen molar-refractivity contribution < 1.29 is 50.0 Å². The van der Waals surface area contributed by atoms with Crippen LogP contribution in [0, 0.1) is 0 Å². The maximum absolute atomic E-state index is 12.4. The van der Waals surface area contributed by atoms with Crippen LogP contribution in [0.5, 0.6) is 5.88 Å². The molecule has 0 saturated carbocycles. The van der Waals surface area contributed by atoms with E-state index in [1.165, 1.54) is 6.20 Å². The Labute approximate surface area is 165 Å². The number of pyridine rings is 1. The summed E-state index contributed by atoms with van der Waals surface area (Å²) in [7, 11) is 4.27. The van der Waals surface area contributed by atoms with Crippen LogP contribution in [0.1, 0.15) is 12.3 Å². The van der Waals surface area contributed by atoms with Gasteiger partial charge in [0.05, 0.1) is 20.6 Å². The number of likely N-dealkylation sites (N-methyl/N-ethyl adjacent to an activating group) is 1. The molecule has 0 bridgehead atoms. The first-order valence-corrected chi connectivity index (χ1v) is 8.31. The molecule has 3 rings (SSSR count). The van der Waals surface area contributed by atoms with E-state index in [2.05, 4.69) is 33.7 Å². The minimum absolute atomic E-state index is 0.0883. The standard InChI is InChI=1S/C14H16F3N4O2.C2HF3O2/c1-21(2)6-5-10(8-21)22-11-4-3-9(7-18-11)12-19-13(23-20-12)14(15,16)17;3-2(4,5)1(6)7/h3-4,7,10H,5-6,8H2,1-2H3;(H,6,7)/q+1;/p-1. The zero-order valence-corrected chi connectivity index (χ0v) is 15.6. The summed E-state index contributed by atoms with van der Waals surface area (Å²) in [6, 6.07) is 3.15. The number of nitrogens with zero attached hydrogens (tertiary/aromatic N) is 4. The second-order valence-corrected chi connectivity index (χ2v) is 6.96. The first-order valence-electron chi connectivity index (χ1n) is 8.31. The third kappa shape index (κ3) is 6.57. The Morgan fingerprint density at radius 3 is 2.27 bits per heavy atom. The highest BCUT2D eigenvalue weighted by atomic mass is 19.4. The van der Waals surface area contributed by atoms with Crippen LogP contribution in [-0.4, -0.2) is 65.0 Å². The van der Waals surface area contributed by atoms with Gasteiger partial charge in [-0.1, -0.05) is 5.16 Å². The maximum Gasteiger partial charge on any atom is 0.471 e. The molecule has 8 nitrogen and oxygen atoms in total. The van der Waals surface area contributed by atoms with Crippen molar-refractivity contribution in [2.24, 2.45) is 0 Å². The highest BCUT2D eigenvalue weighted by Gasteiger charge is 2.38. The molecule has 1 atom stereocenters. The molecule has 3 heterocycles. The molecule has 1 aliphatic rings. The fourth-order valence-corrected chi connectivity index (χ4v) is 2.53. The van der Waals surface area contributed by atoms with Crippen molar-refractivity contribution in [3.63, 3.8) is 0 Å². The van der Waals surface area contributed by atoms with Crippen molar-refractivity contribution in [2.75, 3.05) is 27.2 Å². The number of rotatable bonds is 3. The average molecular weight is 442 g/mol. The van der Waals surface area contributed by atoms with Gasteiger partial charge in [-0.15, -0.1) is 0 Å². The van der Waals surface area contributed by atoms with E-state index in [0.717, 1.165) is 24.0 Å². The van der Waals surface area contributed by atoms with Crippen molar-refractivity contribution in [1.82, 2.24) is 15.1 Å². The second-order valence-electron chi connectivity index (χ2n) is 6.96. The van der Waals surface area contributed by atoms with Crippen molar-refractivity contribution in [3.8, 4) is 17.3 Å². The van der Waals surface area contributed by atoms with E-state index >= 15 is 0 Å². The van der Waals surface area contributed by atoms with E-state index in [0.29, 0.717) is 11.4 Å². The molecule has 1 aliphatic heterocycles. The van der Waals surface area contributed by atoms with Crippen LogP contribution >= 0.6 is 0 Å². The lowest BCUT2D eigenvalue weighted by Gasteiger charge is -2.23. The molecule has 0 aromatic carbocycles. The van der Waals surface area contributed by atoms with Gasteiger partial charge in [-0.05, 0) is 6.07 Å². The molecule has 0 radical (unpaired) electrons. The zero-order chi connectivity index (χ0) is 22.7. The molecule has 0 N–H and O–H groups in total. The Kier molecular flexibility index (Phi) is 6.59. The van der Waals surface area contributed by atoms with Gasteiger partial charge in [0.25, 0.3) is 0 Å². The number of hydrogen-bond donors (Lipinski definition) is 0. The Hall–Kier alpha value is -2.90. The minimum atomic E-state index is -5.19. The average Bonchev–Trinajstić information content (AvgIpc) is 3.22. The van der Waals surface area contributed by atoms with E-state index in [9.17, 15) is 26.3 Å². The van der Waals surface area contributed by atoms with Gasteiger partial charge in [-0.2, -0.15) is 31.3 Å². The lowest BCUT2D eigenvalue weighted by Crippen LogP contribution is -2.38. The van der Waals surface area contributed by atoms with Crippen molar-refractivity contribution in [3.05, 3.63) is 24.2 Å². The van der Waals surface area contributed by atoms with E-state index in [1.54, 1.807) is 12.1 Å². The fourth-order valence-electron chi connectivity index (χ4n) is 2.53. The molecule has 0 spiro atoms. The van der Waals surface area contributed by atoms with E-state index < -0.39 is 24.2 Å². The number of halogens is 6. The number of quaternary nitrogens is 1. The van der Waals surface area contributed by atoms with Crippen molar-refractivity contribution >= 4 is 5.97 Å². The number of alkyl halides is 6. The summed E-state index contributed by atoms with van der Waals surface area (Å²) in [6.07, 6.45) is -7.45. The van der Waals surface area contributed by atoms with Gasteiger partial charge in [0, 0.05) is 24.2 Å². The third-order valence-corrected chi connectivity index (χ3v) is 3.94. The quantitative estimate of drug-likeness (QED) is 0.527. The van der Waals surface area contributed by atoms with Gasteiger partial charge < -0.3 is 23.6 Å². The first kappa shape index (κ1) is 23.4. The van der Waals surface area contributed by atoms with E-state index in [4.69, 9.17) is 14.6 Å². The highest BCUT2D eigenvalue weighted by Crippen LogP contribution is 2.29. The van der Waals surface area contributed by atoms with Crippen LogP contribution in [-0.2, 0) is 11.0 Å². The number of carboxylic acid groups (broad SMARTS) is 1. The summed E-state index contributed by atoms with van der Waals surface area (Å²) in [5, 5.41) is 12.1. The molecule has 30 heavy (non-hydrogen) atoms. The predicted molar refractivity (Wildman–Crippen MR) is 84.5 cm³/mol. The van der Waals surface area contributed by atoms with E-state index in [1.807, 2.05) is 0 Å². The summed E-state index contributed by atoms with van der Waals surface area (Å²) in [5.74, 6) is -4.11. The van der Waals surface area contributed by atoms with Gasteiger partial charge in [-0.25, -0.2) is 4.98 Å². The van der Waals surface area contributed by atoms with Crippen LogP contribution in [0.3, 0.4) is 0 Å². The van der Waals surface area contributed by atoms with Crippen LogP contribution in [0.25, 0.3) is 11.4 Å². The fraction of sp³-hybridized carbons (Fsp3) is 0.500. The summed E-state index contributed by atoms with van der Waals surface area (Å²) in [6.45, 7) is 1.93. The van der Waals surface area contributed by atoms with E-state index in [-0.39, 0.29) is 11.9 Å². The maximum atomic E-state index is 12.4. The zero-order valence-electron chi connectivity index (χ0n) is 15.6. The minimum Gasteiger partial charge on any atom is -0.542 e. The van der Waals surface area contributed by atoms with Gasteiger partial charge in [0.1, 0.15) is 12.5 Å².